The van der Waals surface area contributed by atoms with E-state index in [2.05, 4.69) is 10.6 Å². The van der Waals surface area contributed by atoms with Crippen LogP contribution in [0.2, 0.25) is 0 Å². The molecule has 1 saturated heterocycles. The fourth-order valence-electron chi connectivity index (χ4n) is 3.91. The molecule has 0 aromatic rings. The second-order valence-corrected chi connectivity index (χ2v) is 9.59. The third-order valence-electron chi connectivity index (χ3n) is 5.91. The Labute approximate surface area is 238 Å². The first-order chi connectivity index (χ1) is 19.5. The van der Waals surface area contributed by atoms with Gasteiger partial charge in [-0.05, 0) is 18.8 Å². The van der Waals surface area contributed by atoms with E-state index in [1.807, 2.05) is 0 Å². The predicted octanol–water partition coefficient (Wildman–Crippen LogP) is -2.50. The number of nitrogens with one attached hydrogen (secondary N) is 2. The van der Waals surface area contributed by atoms with Gasteiger partial charge in [0, 0.05) is 19.5 Å². The first-order valence-electron chi connectivity index (χ1n) is 13.5. The molecule has 1 heterocycles. The van der Waals surface area contributed by atoms with E-state index in [9.17, 15) is 33.9 Å². The first kappa shape index (κ1) is 35.7. The number of hydrogen-bond acceptors (Lipinski definition) is 11. The minimum Gasteiger partial charge on any atom is -0.481 e. The molecule has 41 heavy (non-hydrogen) atoms. The Bertz CT molecular complexity index is 886. The monoisotopic (exact) mass is 589 g/mol. The van der Waals surface area contributed by atoms with Gasteiger partial charge in [0.1, 0.15) is 18.1 Å². The van der Waals surface area contributed by atoms with Crippen LogP contribution in [0.1, 0.15) is 39.5 Å². The quantitative estimate of drug-likeness (QED) is 0.0690. The summed E-state index contributed by atoms with van der Waals surface area (Å²) in [5, 5.41) is 14.3. The molecule has 1 aliphatic heterocycles. The summed E-state index contributed by atoms with van der Waals surface area (Å²) in [4.78, 5) is 74.7. The van der Waals surface area contributed by atoms with Gasteiger partial charge < -0.3 is 51.1 Å². The fourth-order valence-corrected chi connectivity index (χ4v) is 3.91. The van der Waals surface area contributed by atoms with Crippen LogP contribution in [0.15, 0.2) is 0 Å². The van der Waals surface area contributed by atoms with Crippen LogP contribution in [-0.2, 0) is 47.7 Å². The summed E-state index contributed by atoms with van der Waals surface area (Å²) in [6.45, 7) is 4.99. The summed E-state index contributed by atoms with van der Waals surface area (Å²) in [5.41, 5.74) is 10.3. The van der Waals surface area contributed by atoms with Gasteiger partial charge >= 0.3 is 11.9 Å². The number of likely N-dealkylation sites (tertiary alicyclic amines) is 1. The Morgan fingerprint density at radius 3 is 2.12 bits per heavy atom. The van der Waals surface area contributed by atoms with E-state index < -0.39 is 72.6 Å². The van der Waals surface area contributed by atoms with Gasteiger partial charge in [-0.15, -0.1) is 0 Å². The lowest BCUT2D eigenvalue weighted by Gasteiger charge is -2.30. The van der Waals surface area contributed by atoms with Crippen molar-refractivity contribution >= 4 is 35.6 Å². The maximum atomic E-state index is 13.3. The molecule has 1 fully saturated rings. The standard InChI is InChI=1S/C25H43N5O11/c1-16(2)22(25(37)41-15-19(27)31)29-23(35)18-4-3-7-30(18)24(36)17(14-21(33)34)28-20(32)5-8-38-10-12-40-13-11-39-9-6-26/h16-18,22H,3-15,26H2,1-2H3,(H2,27,31)(H,28,32)(H,29,35)(H,33,34). The number of esters is 1. The van der Waals surface area contributed by atoms with E-state index in [0.717, 1.165) is 0 Å². The molecular formula is C25H43N5O11. The minimum atomic E-state index is -1.41. The molecule has 234 valence electrons. The predicted molar refractivity (Wildman–Crippen MR) is 142 cm³/mol. The molecule has 0 spiro atoms. The lowest BCUT2D eigenvalue weighted by molar-refractivity contribution is -0.153. The average molecular weight is 590 g/mol. The van der Waals surface area contributed by atoms with Crippen molar-refractivity contribution in [1.82, 2.24) is 15.5 Å². The summed E-state index contributed by atoms with van der Waals surface area (Å²) in [5.74, 6) is -5.42. The lowest BCUT2D eigenvalue weighted by Crippen LogP contribution is -2.56. The van der Waals surface area contributed by atoms with Gasteiger partial charge in [0.15, 0.2) is 6.61 Å². The van der Waals surface area contributed by atoms with E-state index in [-0.39, 0.29) is 39.2 Å². The van der Waals surface area contributed by atoms with Crippen LogP contribution in [0.4, 0.5) is 0 Å². The highest BCUT2D eigenvalue weighted by Gasteiger charge is 2.40. The topological polar surface area (TPSA) is 239 Å². The Morgan fingerprint density at radius 2 is 1.56 bits per heavy atom. The zero-order valence-corrected chi connectivity index (χ0v) is 23.6. The Balaban J connectivity index is 2.66. The molecule has 1 aliphatic rings. The SMILES string of the molecule is CC(C)C(NC(=O)C1CCCN1C(=O)C(CC(=O)O)NC(=O)CCOCCOCCOCCN)C(=O)OCC(N)=O. The van der Waals surface area contributed by atoms with Crippen LogP contribution in [0.25, 0.3) is 0 Å². The van der Waals surface area contributed by atoms with Gasteiger partial charge in [0.25, 0.3) is 5.91 Å². The van der Waals surface area contributed by atoms with Gasteiger partial charge in [-0.1, -0.05) is 13.8 Å². The molecule has 0 aromatic carbocycles. The Hall–Kier alpha value is -3.34. The zero-order chi connectivity index (χ0) is 30.8. The number of carboxylic acid groups (broad SMARTS) is 1. The van der Waals surface area contributed by atoms with Crippen molar-refractivity contribution < 1.29 is 52.8 Å². The maximum absolute atomic E-state index is 13.3. The van der Waals surface area contributed by atoms with Crippen LogP contribution in [0.5, 0.6) is 0 Å². The number of aliphatic carboxylic acids is 1. The molecule has 3 unspecified atom stereocenters. The van der Waals surface area contributed by atoms with Crippen molar-refractivity contribution in [2.24, 2.45) is 17.4 Å². The van der Waals surface area contributed by atoms with Crippen molar-refractivity contribution in [3.63, 3.8) is 0 Å². The summed E-state index contributed by atoms with van der Waals surface area (Å²) in [6.07, 6.45) is -0.104. The molecule has 0 saturated carbocycles. The van der Waals surface area contributed by atoms with E-state index in [0.29, 0.717) is 32.8 Å². The molecule has 7 N–H and O–H groups in total. The smallest absolute Gasteiger partial charge is 0.329 e. The second kappa shape index (κ2) is 19.7. The summed E-state index contributed by atoms with van der Waals surface area (Å²) >= 11 is 0. The number of nitrogens with zero attached hydrogens (tertiary/aromatic N) is 1. The third kappa shape index (κ3) is 14.2. The van der Waals surface area contributed by atoms with Gasteiger partial charge in [-0.25, -0.2) is 4.79 Å². The van der Waals surface area contributed by atoms with Crippen LogP contribution in [-0.4, -0.2) is 123 Å². The van der Waals surface area contributed by atoms with Crippen molar-refractivity contribution in [3.8, 4) is 0 Å². The van der Waals surface area contributed by atoms with Gasteiger partial charge in [-0.2, -0.15) is 0 Å². The second-order valence-electron chi connectivity index (χ2n) is 9.59. The van der Waals surface area contributed by atoms with Crippen molar-refractivity contribution in [1.29, 1.82) is 0 Å². The molecule has 3 atom stereocenters. The number of rotatable bonds is 21. The molecule has 0 aliphatic carbocycles. The molecular weight excluding hydrogens is 546 g/mol. The van der Waals surface area contributed by atoms with E-state index in [1.165, 1.54) is 4.90 Å². The van der Waals surface area contributed by atoms with Gasteiger partial charge in [0.2, 0.25) is 17.7 Å². The summed E-state index contributed by atoms with van der Waals surface area (Å²) < 4.78 is 20.6. The van der Waals surface area contributed by atoms with Crippen molar-refractivity contribution in [3.05, 3.63) is 0 Å². The van der Waals surface area contributed by atoms with Crippen LogP contribution in [0, 0.1) is 5.92 Å². The number of amides is 4. The highest BCUT2D eigenvalue weighted by Crippen LogP contribution is 2.20. The molecule has 16 nitrogen and oxygen atoms in total. The Morgan fingerprint density at radius 1 is 0.951 bits per heavy atom. The van der Waals surface area contributed by atoms with Crippen molar-refractivity contribution in [2.75, 3.05) is 59.3 Å². The highest BCUT2D eigenvalue weighted by molar-refractivity contribution is 5.95. The highest BCUT2D eigenvalue weighted by atomic mass is 16.5. The van der Waals surface area contributed by atoms with Crippen LogP contribution >= 0.6 is 0 Å². The number of carbonyl (C=O) groups excluding carboxylic acids is 5. The summed E-state index contributed by atoms with van der Waals surface area (Å²) in [7, 11) is 0. The van der Waals surface area contributed by atoms with Gasteiger partial charge in [-0.3, -0.25) is 24.0 Å². The molecule has 0 aromatic heterocycles. The fraction of sp³-hybridized carbons (Fsp3) is 0.760. The first-order valence-corrected chi connectivity index (χ1v) is 13.5. The molecule has 1 rings (SSSR count). The third-order valence-corrected chi connectivity index (χ3v) is 5.91. The number of carbonyl (C=O) groups is 6. The number of primary amides is 1. The maximum Gasteiger partial charge on any atom is 0.329 e. The molecule has 4 amide bonds. The lowest BCUT2D eigenvalue weighted by atomic mass is 10.0. The largest absolute Gasteiger partial charge is 0.481 e. The normalized spacial score (nSPS) is 16.2. The minimum absolute atomic E-state index is 0.0179. The van der Waals surface area contributed by atoms with Crippen LogP contribution < -0.4 is 22.1 Å². The van der Waals surface area contributed by atoms with E-state index in [1.54, 1.807) is 13.8 Å². The van der Waals surface area contributed by atoms with E-state index in [4.69, 9.17) is 30.4 Å². The molecule has 0 radical (unpaired) electrons. The van der Waals surface area contributed by atoms with Crippen LogP contribution in [0.3, 0.4) is 0 Å². The van der Waals surface area contributed by atoms with E-state index >= 15 is 0 Å². The number of ether oxygens (including phenoxy) is 4. The van der Waals surface area contributed by atoms with Crippen molar-refractivity contribution in [2.45, 2.75) is 57.7 Å². The molecule has 16 heteroatoms. The summed E-state index contributed by atoms with van der Waals surface area (Å²) in [6, 6.07) is -3.51. The number of nitrogens with two attached hydrogens (primary N) is 2. The molecule has 0 bridgehead atoms. The van der Waals surface area contributed by atoms with Gasteiger partial charge in [0.05, 0.1) is 46.1 Å². The number of carboxylic acids is 1. The zero-order valence-electron chi connectivity index (χ0n) is 23.6. The average Bonchev–Trinajstić information content (AvgIpc) is 3.40. The number of hydrogen-bond donors (Lipinski definition) is 5. The Kier molecular flexibility index (Phi) is 17.1.